The van der Waals surface area contributed by atoms with Gasteiger partial charge in [-0.2, -0.15) is 0 Å². The number of hydrogen-bond acceptors (Lipinski definition) is 2. The molecule has 106 valence electrons. The van der Waals surface area contributed by atoms with Gasteiger partial charge in [0.05, 0.1) is 6.04 Å². The molecule has 2 aromatic carbocycles. The Labute approximate surface area is 127 Å². The number of benzene rings is 2. The molecule has 2 aromatic rings. The number of Topliss-reactive ketones (excluding diaryl/α,β-unsaturated/α-hetero) is 1. The number of carbonyl (C=O) groups is 2. The highest BCUT2D eigenvalue weighted by atomic mass is 35.5. The maximum absolute atomic E-state index is 12.3. The minimum Gasteiger partial charge on any atom is -0.346 e. The minimum atomic E-state index is -0.757. The topological polar surface area (TPSA) is 46.2 Å². The van der Waals surface area contributed by atoms with E-state index in [0.717, 1.165) is 11.1 Å². The number of amides is 1. The van der Waals surface area contributed by atoms with E-state index in [4.69, 9.17) is 11.6 Å². The van der Waals surface area contributed by atoms with Crippen molar-refractivity contribution in [2.75, 3.05) is 0 Å². The Kier molecular flexibility index (Phi) is 3.52. The lowest BCUT2D eigenvalue weighted by atomic mass is 9.88. The van der Waals surface area contributed by atoms with Crippen LogP contribution in [0.2, 0.25) is 5.02 Å². The van der Waals surface area contributed by atoms with E-state index in [9.17, 15) is 9.59 Å². The first-order valence-electron chi connectivity index (χ1n) is 6.77. The van der Waals surface area contributed by atoms with E-state index in [1.165, 1.54) is 0 Å². The zero-order valence-electron chi connectivity index (χ0n) is 11.5. The molecule has 0 aromatic heterocycles. The van der Waals surface area contributed by atoms with Gasteiger partial charge in [0.1, 0.15) is 5.92 Å². The van der Waals surface area contributed by atoms with Crippen molar-refractivity contribution in [1.82, 2.24) is 5.32 Å². The van der Waals surface area contributed by atoms with Gasteiger partial charge in [-0.05, 0) is 24.1 Å². The van der Waals surface area contributed by atoms with E-state index in [1.54, 1.807) is 13.0 Å². The molecular formula is C17H14ClNO2. The molecule has 2 unspecified atom stereocenters. The SMILES string of the molecule is CC1NC(=O)C(c2ccccc2-c2ccccc2Cl)C1=O. The van der Waals surface area contributed by atoms with Crippen molar-refractivity contribution >= 4 is 23.3 Å². The van der Waals surface area contributed by atoms with Crippen molar-refractivity contribution < 1.29 is 9.59 Å². The fourth-order valence-corrected chi connectivity index (χ4v) is 2.95. The molecule has 21 heavy (non-hydrogen) atoms. The normalized spacial score (nSPS) is 21.4. The number of carbonyl (C=O) groups excluding carboxylic acids is 2. The van der Waals surface area contributed by atoms with Gasteiger partial charge in [-0.25, -0.2) is 0 Å². The Morgan fingerprint density at radius 1 is 0.952 bits per heavy atom. The standard InChI is InChI=1S/C17H14ClNO2/c1-10-16(20)15(17(21)19-10)13-8-3-2-6-11(13)12-7-4-5-9-14(12)18/h2-10,15H,1H3,(H,19,21). The number of halogens is 1. The minimum absolute atomic E-state index is 0.0977. The molecule has 1 saturated heterocycles. The fraction of sp³-hybridized carbons (Fsp3) is 0.176. The van der Waals surface area contributed by atoms with Gasteiger partial charge in [-0.15, -0.1) is 0 Å². The van der Waals surface area contributed by atoms with Crippen molar-refractivity contribution in [2.45, 2.75) is 18.9 Å². The number of nitrogens with one attached hydrogen (secondary N) is 1. The van der Waals surface area contributed by atoms with Crippen LogP contribution in [0.4, 0.5) is 0 Å². The lowest BCUT2D eigenvalue weighted by Gasteiger charge is -2.14. The number of rotatable bonds is 2. The maximum atomic E-state index is 12.3. The predicted molar refractivity (Wildman–Crippen MR) is 82.2 cm³/mol. The van der Waals surface area contributed by atoms with Crippen LogP contribution in [-0.4, -0.2) is 17.7 Å². The number of ketones is 1. The van der Waals surface area contributed by atoms with Crippen LogP contribution in [0, 0.1) is 0 Å². The lowest BCUT2D eigenvalue weighted by Crippen LogP contribution is -2.25. The van der Waals surface area contributed by atoms with Crippen LogP contribution in [0.5, 0.6) is 0 Å². The van der Waals surface area contributed by atoms with Crippen molar-refractivity contribution in [2.24, 2.45) is 0 Å². The Balaban J connectivity index is 2.16. The smallest absolute Gasteiger partial charge is 0.235 e. The summed E-state index contributed by atoms with van der Waals surface area (Å²) >= 11 is 6.25. The van der Waals surface area contributed by atoms with Gasteiger partial charge in [-0.3, -0.25) is 9.59 Å². The van der Waals surface area contributed by atoms with Crippen LogP contribution in [0.25, 0.3) is 11.1 Å². The Bertz CT molecular complexity index is 726. The Morgan fingerprint density at radius 3 is 2.19 bits per heavy atom. The summed E-state index contributed by atoms with van der Waals surface area (Å²) in [5, 5.41) is 3.29. The zero-order valence-corrected chi connectivity index (χ0v) is 12.2. The molecule has 2 atom stereocenters. The molecular weight excluding hydrogens is 286 g/mol. The number of hydrogen-bond donors (Lipinski definition) is 1. The lowest BCUT2D eigenvalue weighted by molar-refractivity contribution is -0.124. The first-order chi connectivity index (χ1) is 10.1. The van der Waals surface area contributed by atoms with Crippen molar-refractivity contribution in [1.29, 1.82) is 0 Å². The molecule has 0 spiro atoms. The average Bonchev–Trinajstić information content (AvgIpc) is 2.73. The summed E-state index contributed by atoms with van der Waals surface area (Å²) in [6.45, 7) is 1.71. The molecule has 1 heterocycles. The highest BCUT2D eigenvalue weighted by Crippen LogP contribution is 2.36. The van der Waals surface area contributed by atoms with Gasteiger partial charge in [0.25, 0.3) is 0 Å². The van der Waals surface area contributed by atoms with Gasteiger partial charge < -0.3 is 5.32 Å². The van der Waals surface area contributed by atoms with Crippen molar-refractivity contribution in [3.05, 3.63) is 59.1 Å². The zero-order chi connectivity index (χ0) is 15.0. The molecule has 0 bridgehead atoms. The van der Waals surface area contributed by atoms with Gasteiger partial charge in [0.2, 0.25) is 5.91 Å². The summed E-state index contributed by atoms with van der Waals surface area (Å²) in [6.07, 6.45) is 0. The van der Waals surface area contributed by atoms with Crippen LogP contribution in [-0.2, 0) is 9.59 Å². The molecule has 3 rings (SSSR count). The summed E-state index contributed by atoms with van der Waals surface area (Å²) in [4.78, 5) is 24.4. The van der Waals surface area contributed by atoms with E-state index in [2.05, 4.69) is 5.32 Å². The summed E-state index contributed by atoms with van der Waals surface area (Å²) in [6, 6.07) is 14.4. The second-order valence-corrected chi connectivity index (χ2v) is 5.54. The van der Waals surface area contributed by atoms with E-state index in [0.29, 0.717) is 10.6 Å². The molecule has 1 fully saturated rings. The predicted octanol–water partition coefficient (Wildman–Crippen LogP) is 3.18. The van der Waals surface area contributed by atoms with Crippen LogP contribution in [0.3, 0.4) is 0 Å². The third-order valence-electron chi connectivity index (χ3n) is 3.77. The second-order valence-electron chi connectivity index (χ2n) is 5.13. The molecule has 1 aliphatic heterocycles. The van der Waals surface area contributed by atoms with Gasteiger partial charge in [0.15, 0.2) is 5.78 Å². The molecule has 1 amide bonds. The third-order valence-corrected chi connectivity index (χ3v) is 4.10. The first kappa shape index (κ1) is 13.8. The van der Waals surface area contributed by atoms with Crippen LogP contribution in [0.1, 0.15) is 18.4 Å². The molecule has 0 saturated carbocycles. The van der Waals surface area contributed by atoms with Crippen LogP contribution >= 0.6 is 11.6 Å². The van der Waals surface area contributed by atoms with Gasteiger partial charge in [0, 0.05) is 10.6 Å². The van der Waals surface area contributed by atoms with Crippen molar-refractivity contribution in [3.8, 4) is 11.1 Å². The molecule has 4 heteroatoms. The van der Waals surface area contributed by atoms with E-state index in [1.807, 2.05) is 42.5 Å². The summed E-state index contributed by atoms with van der Waals surface area (Å²) < 4.78 is 0. The molecule has 1 N–H and O–H groups in total. The van der Waals surface area contributed by atoms with E-state index < -0.39 is 12.0 Å². The van der Waals surface area contributed by atoms with E-state index in [-0.39, 0.29) is 11.7 Å². The summed E-state index contributed by atoms with van der Waals surface area (Å²) in [5.41, 5.74) is 2.36. The van der Waals surface area contributed by atoms with Crippen molar-refractivity contribution in [3.63, 3.8) is 0 Å². The Morgan fingerprint density at radius 2 is 1.57 bits per heavy atom. The summed E-state index contributed by atoms with van der Waals surface area (Å²) in [7, 11) is 0. The van der Waals surface area contributed by atoms with E-state index >= 15 is 0 Å². The molecule has 0 aliphatic carbocycles. The highest BCUT2D eigenvalue weighted by Gasteiger charge is 2.40. The fourth-order valence-electron chi connectivity index (χ4n) is 2.72. The second kappa shape index (κ2) is 5.34. The third kappa shape index (κ3) is 2.34. The first-order valence-corrected chi connectivity index (χ1v) is 7.15. The molecule has 0 radical (unpaired) electrons. The molecule has 3 nitrogen and oxygen atoms in total. The van der Waals surface area contributed by atoms with Gasteiger partial charge >= 0.3 is 0 Å². The quantitative estimate of drug-likeness (QED) is 0.866. The Hall–Kier alpha value is -2.13. The van der Waals surface area contributed by atoms with Crippen LogP contribution < -0.4 is 5.32 Å². The largest absolute Gasteiger partial charge is 0.346 e. The average molecular weight is 300 g/mol. The molecule has 1 aliphatic rings. The maximum Gasteiger partial charge on any atom is 0.235 e. The highest BCUT2D eigenvalue weighted by molar-refractivity contribution is 6.33. The van der Waals surface area contributed by atoms with Crippen LogP contribution in [0.15, 0.2) is 48.5 Å². The summed E-state index contributed by atoms with van der Waals surface area (Å²) in [5.74, 6) is -1.10. The van der Waals surface area contributed by atoms with Gasteiger partial charge in [-0.1, -0.05) is 54.1 Å². The monoisotopic (exact) mass is 299 g/mol.